The molecule has 1 saturated heterocycles. The van der Waals surface area contributed by atoms with Crippen molar-refractivity contribution in [3.63, 3.8) is 0 Å². The van der Waals surface area contributed by atoms with Gasteiger partial charge in [-0.15, -0.1) is 0 Å². The van der Waals surface area contributed by atoms with E-state index in [1.807, 2.05) is 6.92 Å². The topological polar surface area (TPSA) is 47.4 Å². The van der Waals surface area contributed by atoms with E-state index in [0.717, 1.165) is 44.8 Å². The summed E-state index contributed by atoms with van der Waals surface area (Å²) in [6, 6.07) is 0. The molecule has 0 saturated carbocycles. The molecule has 2 rings (SSSR count). The Bertz CT molecular complexity index is 489. The lowest BCUT2D eigenvalue weighted by atomic mass is 9.98. The zero-order valence-corrected chi connectivity index (χ0v) is 12.2. The summed E-state index contributed by atoms with van der Waals surface area (Å²) in [5.74, 6) is 0.494. The molecule has 1 aliphatic heterocycles. The van der Waals surface area contributed by atoms with E-state index in [4.69, 9.17) is 16.3 Å². The van der Waals surface area contributed by atoms with Crippen molar-refractivity contribution in [3.05, 3.63) is 21.6 Å². The Morgan fingerprint density at radius 1 is 1.58 bits per heavy atom. The third kappa shape index (κ3) is 3.28. The molecule has 0 N–H and O–H groups in total. The van der Waals surface area contributed by atoms with Crippen molar-refractivity contribution < 1.29 is 4.74 Å². The van der Waals surface area contributed by atoms with Crippen LogP contribution in [-0.2, 0) is 11.8 Å². The number of piperidine rings is 1. The predicted molar refractivity (Wildman–Crippen MR) is 75.9 cm³/mol. The molecule has 106 valence electrons. The highest BCUT2D eigenvalue weighted by molar-refractivity contribution is 6.33. The first-order valence-electron chi connectivity index (χ1n) is 6.68. The lowest BCUT2D eigenvalue weighted by Gasteiger charge is -2.34. The largest absolute Gasteiger partial charge is 0.381 e. The van der Waals surface area contributed by atoms with Gasteiger partial charge in [0.1, 0.15) is 5.02 Å². The first-order valence-corrected chi connectivity index (χ1v) is 7.05. The van der Waals surface area contributed by atoms with Crippen LogP contribution in [0.2, 0.25) is 5.02 Å². The Kier molecular flexibility index (Phi) is 4.82. The minimum absolute atomic E-state index is 0.244. The summed E-state index contributed by atoms with van der Waals surface area (Å²) in [5, 5.41) is 4.31. The number of rotatable bonds is 4. The van der Waals surface area contributed by atoms with Gasteiger partial charge in [0.05, 0.1) is 18.5 Å². The Labute approximate surface area is 118 Å². The van der Waals surface area contributed by atoms with E-state index >= 15 is 0 Å². The van der Waals surface area contributed by atoms with Crippen LogP contribution in [0.3, 0.4) is 0 Å². The lowest BCUT2D eigenvalue weighted by Crippen LogP contribution is -2.38. The fourth-order valence-corrected chi connectivity index (χ4v) is 2.72. The molecule has 0 radical (unpaired) electrons. The number of nitrogens with zero attached hydrogens (tertiary/aromatic N) is 3. The SMILES string of the molecule is CCOCC1CCCN(c2cnn(C)c(=O)c2Cl)C1. The molecule has 6 heteroatoms. The van der Waals surface area contributed by atoms with E-state index in [1.165, 1.54) is 4.68 Å². The molecule has 1 aromatic heterocycles. The molecule has 1 unspecified atom stereocenters. The summed E-state index contributed by atoms with van der Waals surface area (Å²) < 4.78 is 6.75. The zero-order valence-electron chi connectivity index (χ0n) is 11.4. The number of ether oxygens (including phenoxy) is 1. The summed E-state index contributed by atoms with van der Waals surface area (Å²) in [5.41, 5.74) is 0.497. The van der Waals surface area contributed by atoms with Crippen molar-refractivity contribution in [2.24, 2.45) is 13.0 Å². The highest BCUT2D eigenvalue weighted by Gasteiger charge is 2.23. The van der Waals surface area contributed by atoms with E-state index in [1.54, 1.807) is 13.2 Å². The molecular formula is C13H20ClN3O2. The number of anilines is 1. The molecule has 2 heterocycles. The van der Waals surface area contributed by atoms with Gasteiger partial charge in [0, 0.05) is 26.7 Å². The summed E-state index contributed by atoms with van der Waals surface area (Å²) in [6.07, 6.45) is 3.92. The highest BCUT2D eigenvalue weighted by atomic mass is 35.5. The Morgan fingerprint density at radius 3 is 3.11 bits per heavy atom. The average molecular weight is 286 g/mol. The minimum Gasteiger partial charge on any atom is -0.381 e. The van der Waals surface area contributed by atoms with Gasteiger partial charge in [-0.25, -0.2) is 4.68 Å². The minimum atomic E-state index is -0.244. The molecule has 0 bridgehead atoms. The summed E-state index contributed by atoms with van der Waals surface area (Å²) in [7, 11) is 1.60. The van der Waals surface area contributed by atoms with E-state index < -0.39 is 0 Å². The number of hydrogen-bond acceptors (Lipinski definition) is 4. The molecule has 5 nitrogen and oxygen atoms in total. The fraction of sp³-hybridized carbons (Fsp3) is 0.692. The summed E-state index contributed by atoms with van der Waals surface area (Å²) >= 11 is 6.14. The smallest absolute Gasteiger partial charge is 0.287 e. The molecule has 1 aliphatic rings. The van der Waals surface area contributed by atoms with Crippen LogP contribution in [0.5, 0.6) is 0 Å². The number of hydrogen-bond donors (Lipinski definition) is 0. The van der Waals surface area contributed by atoms with Gasteiger partial charge in [-0.2, -0.15) is 5.10 Å². The van der Waals surface area contributed by atoms with E-state index in [0.29, 0.717) is 5.92 Å². The predicted octanol–water partition coefficient (Wildman–Crippen LogP) is 1.69. The third-order valence-electron chi connectivity index (χ3n) is 3.48. The van der Waals surface area contributed by atoms with Gasteiger partial charge < -0.3 is 9.64 Å². The molecule has 1 aromatic rings. The van der Waals surface area contributed by atoms with Crippen LogP contribution >= 0.6 is 11.6 Å². The molecule has 0 spiro atoms. The maximum Gasteiger partial charge on any atom is 0.287 e. The lowest BCUT2D eigenvalue weighted by molar-refractivity contribution is 0.104. The van der Waals surface area contributed by atoms with Crippen LogP contribution in [0.15, 0.2) is 11.0 Å². The van der Waals surface area contributed by atoms with Crippen molar-refractivity contribution in [2.45, 2.75) is 19.8 Å². The number of halogens is 1. The summed E-state index contributed by atoms with van der Waals surface area (Å²) in [6.45, 7) is 5.29. The average Bonchev–Trinajstić information content (AvgIpc) is 2.43. The normalized spacial score (nSPS) is 19.7. The van der Waals surface area contributed by atoms with Crippen LogP contribution in [0.25, 0.3) is 0 Å². The second-order valence-corrected chi connectivity index (χ2v) is 5.26. The van der Waals surface area contributed by atoms with E-state index in [9.17, 15) is 4.79 Å². The first-order chi connectivity index (χ1) is 9.13. The van der Waals surface area contributed by atoms with Crippen molar-refractivity contribution in [2.75, 3.05) is 31.2 Å². The van der Waals surface area contributed by atoms with Crippen LogP contribution in [0.4, 0.5) is 5.69 Å². The number of aryl methyl sites for hydroxylation is 1. The number of aromatic nitrogens is 2. The Balaban J connectivity index is 2.13. The Hall–Kier alpha value is -1.07. The molecule has 19 heavy (non-hydrogen) atoms. The molecule has 1 fully saturated rings. The molecule has 0 aliphatic carbocycles. The standard InChI is InChI=1S/C13H20ClN3O2/c1-3-19-9-10-5-4-6-17(8-10)11-7-15-16(2)13(18)12(11)14/h7,10H,3-6,8-9H2,1-2H3. The van der Waals surface area contributed by atoms with Gasteiger partial charge in [0.2, 0.25) is 0 Å². The second-order valence-electron chi connectivity index (χ2n) is 4.89. The molecule has 0 amide bonds. The van der Waals surface area contributed by atoms with Gasteiger partial charge in [0.25, 0.3) is 5.56 Å². The molecule has 0 aromatic carbocycles. The zero-order chi connectivity index (χ0) is 13.8. The monoisotopic (exact) mass is 285 g/mol. The van der Waals surface area contributed by atoms with Gasteiger partial charge in [-0.1, -0.05) is 11.6 Å². The van der Waals surface area contributed by atoms with Crippen LogP contribution in [-0.4, -0.2) is 36.1 Å². The maximum atomic E-state index is 11.8. The van der Waals surface area contributed by atoms with E-state index in [-0.39, 0.29) is 10.6 Å². The van der Waals surface area contributed by atoms with Crippen molar-refractivity contribution in [1.29, 1.82) is 0 Å². The second kappa shape index (κ2) is 6.39. The van der Waals surface area contributed by atoms with Crippen molar-refractivity contribution in [1.82, 2.24) is 9.78 Å². The fourth-order valence-electron chi connectivity index (χ4n) is 2.43. The Morgan fingerprint density at radius 2 is 2.37 bits per heavy atom. The highest BCUT2D eigenvalue weighted by Crippen LogP contribution is 2.26. The van der Waals surface area contributed by atoms with E-state index in [2.05, 4.69) is 10.00 Å². The van der Waals surface area contributed by atoms with Crippen LogP contribution in [0, 0.1) is 5.92 Å². The maximum absolute atomic E-state index is 11.8. The van der Waals surface area contributed by atoms with Crippen LogP contribution < -0.4 is 10.5 Å². The van der Waals surface area contributed by atoms with Gasteiger partial charge in [0.15, 0.2) is 0 Å². The van der Waals surface area contributed by atoms with Gasteiger partial charge in [-0.05, 0) is 25.7 Å². The van der Waals surface area contributed by atoms with Crippen molar-refractivity contribution in [3.8, 4) is 0 Å². The third-order valence-corrected chi connectivity index (χ3v) is 3.83. The quantitative estimate of drug-likeness (QED) is 0.845. The van der Waals surface area contributed by atoms with Gasteiger partial charge in [-0.3, -0.25) is 4.79 Å². The molecular weight excluding hydrogens is 266 g/mol. The molecule has 1 atom stereocenters. The van der Waals surface area contributed by atoms with Crippen molar-refractivity contribution >= 4 is 17.3 Å². The summed E-state index contributed by atoms with van der Waals surface area (Å²) in [4.78, 5) is 13.9. The van der Waals surface area contributed by atoms with Gasteiger partial charge >= 0.3 is 0 Å². The van der Waals surface area contributed by atoms with Crippen LogP contribution in [0.1, 0.15) is 19.8 Å². The first kappa shape index (κ1) is 14.3.